The lowest BCUT2D eigenvalue weighted by molar-refractivity contribution is -0.142. The molecule has 92 valence electrons. The van der Waals surface area contributed by atoms with Gasteiger partial charge in [-0.2, -0.15) is 0 Å². The molecule has 0 spiro atoms. The third kappa shape index (κ3) is 1.73. The first-order valence-electron chi connectivity index (χ1n) is 5.49. The molecule has 0 aromatic heterocycles. The van der Waals surface area contributed by atoms with E-state index in [4.69, 9.17) is 14.6 Å². The Hall–Kier alpha value is -1.71. The standard InChI is InChI=1S/C13H16O4/c1-12(2,3)13(4)16-9-7-5-6-8(11(14)15)10(9)17-13/h5-7H,1-4H3,(H,14,15)/t13-/m0/s1. The fourth-order valence-corrected chi connectivity index (χ4v) is 1.60. The van der Waals surface area contributed by atoms with Crippen molar-refractivity contribution < 1.29 is 19.4 Å². The van der Waals surface area contributed by atoms with Gasteiger partial charge in [0.2, 0.25) is 0 Å². The van der Waals surface area contributed by atoms with Crippen molar-refractivity contribution in [3.05, 3.63) is 23.8 Å². The Morgan fingerprint density at radius 2 is 1.94 bits per heavy atom. The molecule has 1 N–H and O–H groups in total. The van der Waals surface area contributed by atoms with Gasteiger partial charge in [-0.1, -0.05) is 26.8 Å². The molecular formula is C13H16O4. The summed E-state index contributed by atoms with van der Waals surface area (Å²) < 4.78 is 11.5. The van der Waals surface area contributed by atoms with Gasteiger partial charge in [0.25, 0.3) is 5.79 Å². The van der Waals surface area contributed by atoms with E-state index in [1.54, 1.807) is 12.1 Å². The summed E-state index contributed by atoms with van der Waals surface area (Å²) in [5.41, 5.74) is -0.127. The Morgan fingerprint density at radius 1 is 1.29 bits per heavy atom. The van der Waals surface area contributed by atoms with Crippen LogP contribution in [-0.4, -0.2) is 16.9 Å². The number of hydrogen-bond donors (Lipinski definition) is 1. The van der Waals surface area contributed by atoms with Crippen LogP contribution in [0.5, 0.6) is 11.5 Å². The quantitative estimate of drug-likeness (QED) is 0.814. The van der Waals surface area contributed by atoms with Crippen molar-refractivity contribution in [2.24, 2.45) is 5.41 Å². The SMILES string of the molecule is CC(C)(C)[C@@]1(C)Oc2cccc(C(=O)O)c2O1. The van der Waals surface area contributed by atoms with Gasteiger partial charge in [0.05, 0.1) is 0 Å². The van der Waals surface area contributed by atoms with E-state index >= 15 is 0 Å². The third-order valence-electron chi connectivity index (χ3n) is 3.17. The molecule has 0 fully saturated rings. The van der Waals surface area contributed by atoms with Crippen molar-refractivity contribution >= 4 is 5.97 Å². The van der Waals surface area contributed by atoms with Crippen molar-refractivity contribution in [3.8, 4) is 11.5 Å². The number of ether oxygens (including phenoxy) is 2. The second-order valence-corrected chi connectivity index (χ2v) is 5.34. The molecule has 1 aromatic carbocycles. The normalized spacial score (nSPS) is 22.6. The zero-order valence-corrected chi connectivity index (χ0v) is 10.4. The van der Waals surface area contributed by atoms with Gasteiger partial charge in [-0.3, -0.25) is 0 Å². The first-order valence-corrected chi connectivity index (χ1v) is 5.49. The van der Waals surface area contributed by atoms with Crippen LogP contribution >= 0.6 is 0 Å². The monoisotopic (exact) mass is 236 g/mol. The fourth-order valence-electron chi connectivity index (χ4n) is 1.60. The average molecular weight is 236 g/mol. The molecule has 1 atom stereocenters. The minimum atomic E-state index is -1.01. The minimum Gasteiger partial charge on any atom is -0.478 e. The largest absolute Gasteiger partial charge is 0.478 e. The molecule has 0 amide bonds. The summed E-state index contributed by atoms with van der Waals surface area (Å²) in [6.45, 7) is 7.77. The third-order valence-corrected chi connectivity index (χ3v) is 3.17. The minimum absolute atomic E-state index is 0.135. The van der Waals surface area contributed by atoms with E-state index in [-0.39, 0.29) is 11.0 Å². The summed E-state index contributed by atoms with van der Waals surface area (Å²) in [5, 5.41) is 9.09. The van der Waals surface area contributed by atoms with Crippen LogP contribution < -0.4 is 9.47 Å². The van der Waals surface area contributed by atoms with Gasteiger partial charge < -0.3 is 14.6 Å². The van der Waals surface area contributed by atoms with Gasteiger partial charge in [0.1, 0.15) is 5.56 Å². The highest BCUT2D eigenvalue weighted by molar-refractivity contribution is 5.92. The molecule has 0 bridgehead atoms. The van der Waals surface area contributed by atoms with Crippen LogP contribution in [0.3, 0.4) is 0 Å². The summed E-state index contributed by atoms with van der Waals surface area (Å²) in [6.07, 6.45) is 0. The number of hydrogen-bond acceptors (Lipinski definition) is 3. The lowest BCUT2D eigenvalue weighted by atomic mass is 9.87. The van der Waals surface area contributed by atoms with Crippen molar-refractivity contribution in [2.45, 2.75) is 33.5 Å². The Morgan fingerprint density at radius 3 is 2.47 bits per heavy atom. The number of aromatic carboxylic acids is 1. The van der Waals surface area contributed by atoms with E-state index in [1.165, 1.54) is 6.07 Å². The molecule has 1 aromatic rings. The van der Waals surface area contributed by atoms with Crippen molar-refractivity contribution in [3.63, 3.8) is 0 Å². The summed E-state index contributed by atoms with van der Waals surface area (Å²) in [7, 11) is 0. The van der Waals surface area contributed by atoms with Gasteiger partial charge in [0, 0.05) is 12.3 Å². The highest BCUT2D eigenvalue weighted by Gasteiger charge is 2.48. The zero-order valence-electron chi connectivity index (χ0n) is 10.4. The topological polar surface area (TPSA) is 55.8 Å². The van der Waals surface area contributed by atoms with Crippen LogP contribution in [0.25, 0.3) is 0 Å². The van der Waals surface area contributed by atoms with E-state index in [0.29, 0.717) is 11.5 Å². The number of fused-ring (bicyclic) bond motifs is 1. The highest BCUT2D eigenvalue weighted by Crippen LogP contribution is 2.48. The number of carboxylic acids is 1. The maximum atomic E-state index is 11.1. The van der Waals surface area contributed by atoms with Gasteiger partial charge in [-0.15, -0.1) is 0 Å². The first kappa shape index (κ1) is 11.8. The number of para-hydroxylation sites is 1. The summed E-state index contributed by atoms with van der Waals surface area (Å²) in [6, 6.07) is 4.89. The Bertz CT molecular complexity index is 473. The molecule has 1 aliphatic rings. The van der Waals surface area contributed by atoms with Crippen LogP contribution in [0.2, 0.25) is 0 Å². The molecule has 0 aliphatic carbocycles. The predicted molar refractivity (Wildman–Crippen MR) is 62.5 cm³/mol. The lowest BCUT2D eigenvalue weighted by Gasteiger charge is -2.35. The molecule has 1 heterocycles. The summed E-state index contributed by atoms with van der Waals surface area (Å²) in [4.78, 5) is 11.1. The molecule has 0 radical (unpaired) electrons. The number of benzene rings is 1. The molecular weight excluding hydrogens is 220 g/mol. The van der Waals surface area contributed by atoms with Crippen LogP contribution in [0.1, 0.15) is 38.1 Å². The van der Waals surface area contributed by atoms with Crippen molar-refractivity contribution in [2.75, 3.05) is 0 Å². The molecule has 4 nitrogen and oxygen atoms in total. The second-order valence-electron chi connectivity index (χ2n) is 5.34. The molecule has 17 heavy (non-hydrogen) atoms. The van der Waals surface area contributed by atoms with Gasteiger partial charge in [-0.25, -0.2) is 4.79 Å². The highest BCUT2D eigenvalue weighted by atomic mass is 16.7. The fraction of sp³-hybridized carbons (Fsp3) is 0.462. The zero-order chi connectivity index (χ0) is 12.8. The second kappa shape index (κ2) is 3.39. The Kier molecular flexibility index (Phi) is 2.35. The van der Waals surface area contributed by atoms with Crippen LogP contribution in [-0.2, 0) is 0 Å². The maximum Gasteiger partial charge on any atom is 0.339 e. The Labute approximate surface area is 100 Å². The van der Waals surface area contributed by atoms with E-state index in [0.717, 1.165) is 0 Å². The number of carbonyl (C=O) groups is 1. The summed E-state index contributed by atoms with van der Waals surface area (Å²) in [5.74, 6) is -1.05. The number of rotatable bonds is 1. The van der Waals surface area contributed by atoms with Gasteiger partial charge in [0.15, 0.2) is 11.5 Å². The van der Waals surface area contributed by atoms with Crippen LogP contribution in [0, 0.1) is 5.41 Å². The van der Waals surface area contributed by atoms with Crippen molar-refractivity contribution in [1.29, 1.82) is 0 Å². The summed E-state index contributed by atoms with van der Waals surface area (Å²) >= 11 is 0. The van der Waals surface area contributed by atoms with Crippen molar-refractivity contribution in [1.82, 2.24) is 0 Å². The number of carboxylic acid groups (broad SMARTS) is 1. The van der Waals surface area contributed by atoms with Crippen LogP contribution in [0.15, 0.2) is 18.2 Å². The predicted octanol–water partition coefficient (Wildman–Crippen LogP) is 2.92. The molecule has 0 unspecified atom stereocenters. The maximum absolute atomic E-state index is 11.1. The molecule has 0 saturated heterocycles. The molecule has 2 rings (SSSR count). The van der Waals surface area contributed by atoms with Gasteiger partial charge >= 0.3 is 5.97 Å². The smallest absolute Gasteiger partial charge is 0.339 e. The molecule has 0 saturated carbocycles. The van der Waals surface area contributed by atoms with Gasteiger partial charge in [-0.05, 0) is 12.1 Å². The van der Waals surface area contributed by atoms with E-state index in [1.807, 2.05) is 27.7 Å². The molecule has 1 aliphatic heterocycles. The first-order chi connectivity index (χ1) is 7.74. The van der Waals surface area contributed by atoms with E-state index in [2.05, 4.69) is 0 Å². The Balaban J connectivity index is 2.47. The van der Waals surface area contributed by atoms with E-state index < -0.39 is 11.8 Å². The van der Waals surface area contributed by atoms with E-state index in [9.17, 15) is 4.79 Å². The lowest BCUT2D eigenvalue weighted by Crippen LogP contribution is -2.47. The average Bonchev–Trinajstić information content (AvgIpc) is 2.53. The molecule has 4 heteroatoms. The van der Waals surface area contributed by atoms with Crippen LogP contribution in [0.4, 0.5) is 0 Å².